The van der Waals surface area contributed by atoms with Gasteiger partial charge in [0.05, 0.1) is 13.7 Å². The molecule has 0 saturated carbocycles. The highest BCUT2D eigenvalue weighted by Gasteiger charge is 2.11. The Morgan fingerprint density at radius 3 is 2.74 bits per heavy atom. The molecule has 0 radical (unpaired) electrons. The third kappa shape index (κ3) is 4.89. The Bertz CT molecular complexity index is 417. The van der Waals surface area contributed by atoms with Crippen LogP contribution in [0, 0.1) is 0 Å². The summed E-state index contributed by atoms with van der Waals surface area (Å²) >= 11 is 0. The summed E-state index contributed by atoms with van der Waals surface area (Å²) in [7, 11) is 1.67. The molecule has 0 aromatic heterocycles. The van der Waals surface area contributed by atoms with Crippen molar-refractivity contribution in [3.05, 3.63) is 29.8 Å². The van der Waals surface area contributed by atoms with Crippen LogP contribution in [0.4, 0.5) is 0 Å². The molecule has 2 rings (SSSR count). The molecule has 1 saturated heterocycles. The van der Waals surface area contributed by atoms with E-state index in [1.165, 1.54) is 19.3 Å². The van der Waals surface area contributed by atoms with E-state index in [1.54, 1.807) is 7.11 Å². The van der Waals surface area contributed by atoms with E-state index in [2.05, 4.69) is 9.89 Å². The number of guanidine groups is 1. The minimum absolute atomic E-state index is 0. The van der Waals surface area contributed by atoms with E-state index in [1.807, 2.05) is 24.3 Å². The lowest BCUT2D eigenvalue weighted by Gasteiger charge is -2.27. The summed E-state index contributed by atoms with van der Waals surface area (Å²) in [5, 5.41) is 0. The number of hydrogen-bond acceptors (Lipinski definition) is 2. The number of halogens is 1. The molecule has 19 heavy (non-hydrogen) atoms. The molecule has 0 aliphatic carbocycles. The fourth-order valence-electron chi connectivity index (χ4n) is 2.17. The maximum atomic E-state index is 6.01. The molecule has 0 spiro atoms. The van der Waals surface area contributed by atoms with Gasteiger partial charge in [-0.15, -0.1) is 24.0 Å². The van der Waals surface area contributed by atoms with Crippen LogP contribution < -0.4 is 10.5 Å². The van der Waals surface area contributed by atoms with Gasteiger partial charge in [-0.2, -0.15) is 0 Å². The second-order valence-electron chi connectivity index (χ2n) is 4.57. The predicted octanol–water partition coefficient (Wildman–Crippen LogP) is 2.61. The van der Waals surface area contributed by atoms with Crippen LogP contribution in [0.15, 0.2) is 29.3 Å². The van der Waals surface area contributed by atoms with Crippen LogP contribution in [0.25, 0.3) is 0 Å². The smallest absolute Gasteiger partial charge is 0.191 e. The third-order valence-corrected chi connectivity index (χ3v) is 3.24. The SMILES string of the molecule is COc1cccc(CN=C(N)N2CCCCC2)c1.I. The number of likely N-dealkylation sites (tertiary alicyclic amines) is 1. The van der Waals surface area contributed by atoms with Gasteiger partial charge in [-0.3, -0.25) is 0 Å². The van der Waals surface area contributed by atoms with Crippen LogP contribution in [0.3, 0.4) is 0 Å². The summed E-state index contributed by atoms with van der Waals surface area (Å²) < 4.78 is 5.19. The van der Waals surface area contributed by atoms with E-state index in [9.17, 15) is 0 Å². The monoisotopic (exact) mass is 375 g/mol. The van der Waals surface area contributed by atoms with E-state index in [0.717, 1.165) is 24.4 Å². The summed E-state index contributed by atoms with van der Waals surface area (Å²) in [6.45, 7) is 2.68. The highest BCUT2D eigenvalue weighted by molar-refractivity contribution is 14.0. The van der Waals surface area contributed by atoms with Crippen LogP contribution >= 0.6 is 24.0 Å². The molecular weight excluding hydrogens is 353 g/mol. The summed E-state index contributed by atoms with van der Waals surface area (Å²) in [6.07, 6.45) is 3.74. The fraction of sp³-hybridized carbons (Fsp3) is 0.500. The summed E-state index contributed by atoms with van der Waals surface area (Å²) in [5.41, 5.74) is 7.13. The van der Waals surface area contributed by atoms with E-state index in [0.29, 0.717) is 12.5 Å². The highest BCUT2D eigenvalue weighted by Crippen LogP contribution is 2.13. The number of nitrogens with two attached hydrogens (primary N) is 1. The summed E-state index contributed by atoms with van der Waals surface area (Å²) in [5.74, 6) is 1.52. The number of rotatable bonds is 3. The lowest BCUT2D eigenvalue weighted by Crippen LogP contribution is -2.40. The molecule has 1 heterocycles. The van der Waals surface area contributed by atoms with Gasteiger partial charge in [0.1, 0.15) is 5.75 Å². The van der Waals surface area contributed by atoms with Gasteiger partial charge in [-0.05, 0) is 37.0 Å². The molecular formula is C14H22IN3O. The van der Waals surface area contributed by atoms with E-state index < -0.39 is 0 Å². The quantitative estimate of drug-likeness (QED) is 0.502. The van der Waals surface area contributed by atoms with Gasteiger partial charge >= 0.3 is 0 Å². The molecule has 106 valence electrons. The maximum absolute atomic E-state index is 6.01. The van der Waals surface area contributed by atoms with Gasteiger partial charge in [0.25, 0.3) is 0 Å². The highest BCUT2D eigenvalue weighted by atomic mass is 127. The first-order valence-corrected chi connectivity index (χ1v) is 6.47. The Kier molecular flexibility index (Phi) is 6.97. The minimum atomic E-state index is 0. The Morgan fingerprint density at radius 1 is 1.32 bits per heavy atom. The van der Waals surface area contributed by atoms with Gasteiger partial charge in [-0.1, -0.05) is 12.1 Å². The predicted molar refractivity (Wildman–Crippen MR) is 89.2 cm³/mol. The second kappa shape index (κ2) is 8.24. The molecule has 1 aliphatic rings. The van der Waals surface area contributed by atoms with Gasteiger partial charge in [0, 0.05) is 13.1 Å². The number of piperidine rings is 1. The third-order valence-electron chi connectivity index (χ3n) is 3.24. The van der Waals surface area contributed by atoms with Crippen molar-refractivity contribution in [2.24, 2.45) is 10.7 Å². The molecule has 5 heteroatoms. The van der Waals surface area contributed by atoms with E-state index in [-0.39, 0.29) is 24.0 Å². The Morgan fingerprint density at radius 2 is 2.05 bits per heavy atom. The first kappa shape index (κ1) is 16.1. The number of methoxy groups -OCH3 is 1. The normalized spacial score (nSPS) is 15.8. The number of ether oxygens (including phenoxy) is 1. The van der Waals surface area contributed by atoms with Crippen molar-refractivity contribution in [2.45, 2.75) is 25.8 Å². The number of benzene rings is 1. The van der Waals surface area contributed by atoms with Crippen molar-refractivity contribution in [1.29, 1.82) is 0 Å². The maximum Gasteiger partial charge on any atom is 0.191 e. The molecule has 4 nitrogen and oxygen atoms in total. The number of hydrogen-bond donors (Lipinski definition) is 1. The number of aliphatic imine (C=N–C) groups is 1. The largest absolute Gasteiger partial charge is 0.497 e. The van der Waals surface area contributed by atoms with Crippen molar-refractivity contribution in [2.75, 3.05) is 20.2 Å². The molecule has 1 aromatic rings. The van der Waals surface area contributed by atoms with Crippen molar-refractivity contribution in [3.63, 3.8) is 0 Å². The van der Waals surface area contributed by atoms with Crippen LogP contribution in [-0.2, 0) is 6.54 Å². The van der Waals surface area contributed by atoms with Gasteiger partial charge in [0.15, 0.2) is 5.96 Å². The van der Waals surface area contributed by atoms with Gasteiger partial charge < -0.3 is 15.4 Å². The first-order chi connectivity index (χ1) is 8.79. The lowest BCUT2D eigenvalue weighted by molar-refractivity contribution is 0.338. The molecule has 1 aromatic carbocycles. The van der Waals surface area contributed by atoms with Gasteiger partial charge in [0.2, 0.25) is 0 Å². The Hall–Kier alpha value is -0.980. The Balaban J connectivity index is 0.00000180. The topological polar surface area (TPSA) is 50.9 Å². The van der Waals surface area contributed by atoms with Crippen molar-refractivity contribution in [3.8, 4) is 5.75 Å². The standard InChI is InChI=1S/C14H21N3O.HI/c1-18-13-7-5-6-12(10-13)11-16-14(15)17-8-3-2-4-9-17;/h5-7,10H,2-4,8-9,11H2,1H3,(H2,15,16);1H. The molecule has 0 amide bonds. The average Bonchev–Trinajstić information content (AvgIpc) is 2.46. The molecule has 1 aliphatic heterocycles. The molecule has 1 fully saturated rings. The fourth-order valence-corrected chi connectivity index (χ4v) is 2.17. The zero-order chi connectivity index (χ0) is 12.8. The second-order valence-corrected chi connectivity index (χ2v) is 4.57. The van der Waals surface area contributed by atoms with Crippen LogP contribution in [0.5, 0.6) is 5.75 Å². The zero-order valence-electron chi connectivity index (χ0n) is 11.3. The van der Waals surface area contributed by atoms with Crippen molar-refractivity contribution in [1.82, 2.24) is 4.90 Å². The first-order valence-electron chi connectivity index (χ1n) is 6.47. The summed E-state index contributed by atoms with van der Waals surface area (Å²) in [6, 6.07) is 7.93. The molecule has 0 atom stereocenters. The van der Waals surface area contributed by atoms with Gasteiger partial charge in [-0.25, -0.2) is 4.99 Å². The minimum Gasteiger partial charge on any atom is -0.497 e. The van der Waals surface area contributed by atoms with Crippen molar-refractivity contribution >= 4 is 29.9 Å². The molecule has 2 N–H and O–H groups in total. The van der Waals surface area contributed by atoms with Crippen LogP contribution in [-0.4, -0.2) is 31.1 Å². The summed E-state index contributed by atoms with van der Waals surface area (Å²) in [4.78, 5) is 6.63. The zero-order valence-corrected chi connectivity index (χ0v) is 13.7. The van der Waals surface area contributed by atoms with Crippen molar-refractivity contribution < 1.29 is 4.74 Å². The molecule has 0 bridgehead atoms. The lowest BCUT2D eigenvalue weighted by atomic mass is 10.1. The average molecular weight is 375 g/mol. The Labute approximate surface area is 132 Å². The van der Waals surface area contributed by atoms with E-state index in [4.69, 9.17) is 10.5 Å². The number of nitrogens with zero attached hydrogens (tertiary/aromatic N) is 2. The van der Waals surface area contributed by atoms with E-state index >= 15 is 0 Å². The molecule has 0 unspecified atom stereocenters. The van der Waals surface area contributed by atoms with Crippen LogP contribution in [0.1, 0.15) is 24.8 Å². The van der Waals surface area contributed by atoms with Crippen LogP contribution in [0.2, 0.25) is 0 Å².